The number of rotatable bonds is 3. The van der Waals surface area contributed by atoms with Crippen molar-refractivity contribution in [1.82, 2.24) is 15.2 Å². The number of aromatic nitrogens is 3. The van der Waals surface area contributed by atoms with Crippen molar-refractivity contribution in [3.63, 3.8) is 0 Å². The Hall–Kier alpha value is -3.57. The number of benzene rings is 1. The predicted octanol–water partition coefficient (Wildman–Crippen LogP) is 3.76. The van der Waals surface area contributed by atoms with E-state index in [1.807, 2.05) is 6.07 Å². The lowest BCUT2D eigenvalue weighted by Gasteiger charge is -2.42. The number of fused-ring (bicyclic) bond motifs is 3. The maximum Gasteiger partial charge on any atom is 0.416 e. The Morgan fingerprint density at radius 2 is 2.06 bits per heavy atom. The molecule has 1 aromatic carbocycles. The third-order valence-electron chi connectivity index (χ3n) is 6.22. The highest BCUT2D eigenvalue weighted by Crippen LogP contribution is 2.38. The Bertz CT molecular complexity index is 1280. The molecule has 0 saturated carbocycles. The fourth-order valence-corrected chi connectivity index (χ4v) is 4.43. The zero-order chi connectivity index (χ0) is 24.7. The molecule has 4 heterocycles. The van der Waals surface area contributed by atoms with Crippen LogP contribution in [0.2, 0.25) is 0 Å². The molecule has 2 aliphatic heterocycles. The summed E-state index contributed by atoms with van der Waals surface area (Å²) in [5.41, 5.74) is 2.30. The number of aliphatic hydroxyl groups is 1. The van der Waals surface area contributed by atoms with E-state index in [4.69, 9.17) is 4.74 Å². The van der Waals surface area contributed by atoms with Crippen LogP contribution < -0.4 is 10.2 Å². The summed E-state index contributed by atoms with van der Waals surface area (Å²) in [4.78, 5) is 19.1. The van der Waals surface area contributed by atoms with Gasteiger partial charge in [-0.3, -0.25) is 9.78 Å². The van der Waals surface area contributed by atoms with Gasteiger partial charge < -0.3 is 20.1 Å². The number of alkyl halides is 3. The highest BCUT2D eigenvalue weighted by Gasteiger charge is 2.35. The number of pyridine rings is 1. The molecule has 0 bridgehead atoms. The first-order valence-corrected chi connectivity index (χ1v) is 11.1. The highest BCUT2D eigenvalue weighted by molar-refractivity contribution is 6.04. The number of hydrogen-bond donors (Lipinski definition) is 2. The second-order valence-corrected chi connectivity index (χ2v) is 8.56. The Morgan fingerprint density at radius 3 is 2.86 bits per heavy atom. The molecule has 0 radical (unpaired) electrons. The molecule has 2 atom stereocenters. The maximum absolute atomic E-state index is 13.0. The van der Waals surface area contributed by atoms with Gasteiger partial charge in [-0.2, -0.15) is 18.3 Å². The van der Waals surface area contributed by atoms with Crippen molar-refractivity contribution in [2.45, 2.75) is 31.7 Å². The van der Waals surface area contributed by atoms with E-state index < -0.39 is 23.8 Å². The molecule has 2 aliphatic rings. The lowest BCUT2D eigenvalue weighted by molar-refractivity contribution is -0.137. The van der Waals surface area contributed by atoms with E-state index in [1.54, 1.807) is 13.0 Å². The van der Waals surface area contributed by atoms with Gasteiger partial charge in [0.25, 0.3) is 5.91 Å². The zero-order valence-corrected chi connectivity index (χ0v) is 18.7. The summed E-state index contributed by atoms with van der Waals surface area (Å²) in [6.45, 7) is 3.54. The summed E-state index contributed by atoms with van der Waals surface area (Å²) < 4.78 is 44.6. The Labute approximate surface area is 198 Å². The van der Waals surface area contributed by atoms with Crippen LogP contribution >= 0.6 is 0 Å². The number of halogens is 3. The summed E-state index contributed by atoms with van der Waals surface area (Å²) >= 11 is 0. The number of carbonyl (C=O) groups excluding carboxylic acids is 1. The topological polar surface area (TPSA) is 100 Å². The molecule has 2 N–H and O–H groups in total. The van der Waals surface area contributed by atoms with Crippen molar-refractivity contribution < 1.29 is 27.8 Å². The summed E-state index contributed by atoms with van der Waals surface area (Å²) in [7, 11) is 0. The van der Waals surface area contributed by atoms with Crippen LogP contribution in [0.3, 0.4) is 0 Å². The second-order valence-electron chi connectivity index (χ2n) is 8.56. The molecule has 1 amide bonds. The molecular formula is C24H22F3N5O3. The van der Waals surface area contributed by atoms with Crippen LogP contribution in [-0.2, 0) is 10.9 Å². The van der Waals surface area contributed by atoms with Gasteiger partial charge in [-0.25, -0.2) is 0 Å². The summed E-state index contributed by atoms with van der Waals surface area (Å²) in [5, 5.41) is 21.7. The fraction of sp³-hybridized carbons (Fsp3) is 0.333. The first kappa shape index (κ1) is 23.2. The van der Waals surface area contributed by atoms with E-state index in [0.717, 1.165) is 17.8 Å². The van der Waals surface area contributed by atoms with Crippen molar-refractivity contribution in [3.05, 3.63) is 65.1 Å². The van der Waals surface area contributed by atoms with Gasteiger partial charge in [-0.05, 0) is 37.3 Å². The largest absolute Gasteiger partial charge is 0.416 e. The minimum Gasteiger partial charge on any atom is -0.387 e. The van der Waals surface area contributed by atoms with Gasteiger partial charge in [0.2, 0.25) is 0 Å². The van der Waals surface area contributed by atoms with Gasteiger partial charge in [0, 0.05) is 29.8 Å². The highest BCUT2D eigenvalue weighted by atomic mass is 19.4. The van der Waals surface area contributed by atoms with Gasteiger partial charge in [0.15, 0.2) is 0 Å². The van der Waals surface area contributed by atoms with Crippen LogP contribution in [0, 0.1) is 6.92 Å². The minimum atomic E-state index is -4.55. The average molecular weight is 485 g/mol. The summed E-state index contributed by atoms with van der Waals surface area (Å²) in [5.74, 6) is -0.691. The number of carbonyl (C=O) groups is 1. The van der Waals surface area contributed by atoms with E-state index in [9.17, 15) is 23.1 Å². The Balaban J connectivity index is 1.44. The maximum atomic E-state index is 13.0. The molecule has 5 rings (SSSR count). The normalized spacial score (nSPS) is 19.6. The van der Waals surface area contributed by atoms with Crippen molar-refractivity contribution in [3.8, 4) is 11.3 Å². The molecular weight excluding hydrogens is 463 g/mol. The van der Waals surface area contributed by atoms with Crippen LogP contribution in [0.25, 0.3) is 11.3 Å². The minimum absolute atomic E-state index is 0.0422. The monoisotopic (exact) mass is 485 g/mol. The van der Waals surface area contributed by atoms with E-state index >= 15 is 0 Å². The second kappa shape index (κ2) is 8.90. The smallest absolute Gasteiger partial charge is 0.387 e. The summed E-state index contributed by atoms with van der Waals surface area (Å²) in [6, 6.07) is 7.74. The quantitative estimate of drug-likeness (QED) is 0.583. The Morgan fingerprint density at radius 1 is 1.23 bits per heavy atom. The molecule has 3 aromatic rings. The standard InChI is InChI=1S/C24H22F3N5O3/c1-13-18(19-10-20-22(31-30-19)21(33)9-17-12-35-6-5-32(17)20)8-16(11-28-13)29-23(34)14-3-2-4-15(7-14)24(25,26)27/h2-4,7-8,10-11,17,21,33H,5-6,9,12H2,1H3,(H,29,34). The molecule has 1 fully saturated rings. The van der Waals surface area contributed by atoms with Gasteiger partial charge in [-0.15, -0.1) is 5.10 Å². The van der Waals surface area contributed by atoms with Crippen molar-refractivity contribution >= 4 is 17.3 Å². The lowest BCUT2D eigenvalue weighted by Crippen LogP contribution is -2.49. The van der Waals surface area contributed by atoms with E-state index in [-0.39, 0.29) is 11.6 Å². The van der Waals surface area contributed by atoms with Crippen LogP contribution in [0.5, 0.6) is 0 Å². The number of amides is 1. The number of aliphatic hydroxyl groups excluding tert-OH is 1. The van der Waals surface area contributed by atoms with Crippen molar-refractivity contribution in [2.75, 3.05) is 30.0 Å². The SMILES string of the molecule is Cc1ncc(NC(=O)c2cccc(C(F)(F)F)c2)cc1-c1cc2c(nn1)C(O)CC1COCCN21. The molecule has 8 nitrogen and oxygen atoms in total. The molecule has 2 aromatic heterocycles. The first-order chi connectivity index (χ1) is 16.7. The number of morpholine rings is 1. The van der Waals surface area contributed by atoms with E-state index in [0.29, 0.717) is 54.5 Å². The molecule has 35 heavy (non-hydrogen) atoms. The lowest BCUT2D eigenvalue weighted by atomic mass is 9.96. The van der Waals surface area contributed by atoms with E-state index in [1.165, 1.54) is 18.3 Å². The third-order valence-corrected chi connectivity index (χ3v) is 6.22. The predicted molar refractivity (Wildman–Crippen MR) is 121 cm³/mol. The van der Waals surface area contributed by atoms with Crippen LogP contribution in [0.15, 0.2) is 42.6 Å². The average Bonchev–Trinajstić information content (AvgIpc) is 2.84. The van der Waals surface area contributed by atoms with Crippen LogP contribution in [0.4, 0.5) is 24.5 Å². The van der Waals surface area contributed by atoms with Gasteiger partial charge in [0.05, 0.1) is 48.1 Å². The number of nitrogens with zero attached hydrogens (tertiary/aromatic N) is 4. The third kappa shape index (κ3) is 4.56. The van der Waals surface area contributed by atoms with Crippen LogP contribution in [-0.4, -0.2) is 52.0 Å². The molecule has 2 unspecified atom stereocenters. The van der Waals surface area contributed by atoms with Crippen molar-refractivity contribution in [1.29, 1.82) is 0 Å². The van der Waals surface area contributed by atoms with Gasteiger partial charge in [0.1, 0.15) is 11.8 Å². The summed E-state index contributed by atoms with van der Waals surface area (Å²) in [6.07, 6.45) is -3.35. The van der Waals surface area contributed by atoms with Crippen molar-refractivity contribution in [2.24, 2.45) is 0 Å². The number of aryl methyl sites for hydroxylation is 1. The number of ether oxygens (including phenoxy) is 1. The molecule has 1 saturated heterocycles. The number of hydrogen-bond acceptors (Lipinski definition) is 7. The van der Waals surface area contributed by atoms with Gasteiger partial charge in [-0.1, -0.05) is 6.07 Å². The first-order valence-electron chi connectivity index (χ1n) is 11.1. The Kier molecular flexibility index (Phi) is 5.89. The van der Waals surface area contributed by atoms with Crippen LogP contribution in [0.1, 0.15) is 39.8 Å². The molecule has 182 valence electrons. The number of anilines is 2. The molecule has 11 heteroatoms. The number of nitrogens with one attached hydrogen (secondary N) is 1. The van der Waals surface area contributed by atoms with E-state index in [2.05, 4.69) is 25.4 Å². The fourth-order valence-electron chi connectivity index (χ4n) is 4.43. The van der Waals surface area contributed by atoms with Gasteiger partial charge >= 0.3 is 6.18 Å². The molecule has 0 aliphatic carbocycles. The zero-order valence-electron chi connectivity index (χ0n) is 18.7. The molecule has 0 spiro atoms.